The van der Waals surface area contributed by atoms with E-state index in [1.165, 1.54) is 41.2 Å². The summed E-state index contributed by atoms with van der Waals surface area (Å²) in [5, 5.41) is 1.49. The van der Waals surface area contributed by atoms with Gasteiger partial charge in [0.1, 0.15) is 0 Å². The van der Waals surface area contributed by atoms with Crippen molar-refractivity contribution < 1.29 is 31.0 Å². The Morgan fingerprint density at radius 2 is 1.35 bits per heavy atom. The fourth-order valence-corrected chi connectivity index (χ4v) is 8.95. The van der Waals surface area contributed by atoms with Gasteiger partial charge in [-0.3, -0.25) is 6.08 Å². The summed E-state index contributed by atoms with van der Waals surface area (Å²) in [5.74, 6) is 0.278. The third-order valence-electron chi connectivity index (χ3n) is 8.71. The van der Waals surface area contributed by atoms with Gasteiger partial charge >= 0.3 is 26.2 Å². The van der Waals surface area contributed by atoms with Gasteiger partial charge in [0.05, 0.1) is 15.4 Å². The van der Waals surface area contributed by atoms with Gasteiger partial charge in [0.15, 0.2) is 0 Å². The smallest absolute Gasteiger partial charge is 0.667 e. The molecule has 0 heterocycles. The minimum atomic E-state index is -0.285. The number of nitrogens with one attached hydrogen (secondary N) is 1. The third-order valence-corrected chi connectivity index (χ3v) is 9.76. The number of carbonyl (C=O) groups is 1. The SMILES string of the molecule is CC12CC3(C)CC(C)(C1)CC(C([NH-])=O)(C2)C3.CC1=[C-]C(C)C(C)=C1C.C[SiH]c1ccccc1.[Zr+2]. The van der Waals surface area contributed by atoms with E-state index in [4.69, 9.17) is 5.73 Å². The minimum Gasteiger partial charge on any atom is -0.667 e. The molecule has 0 aliphatic heterocycles. The van der Waals surface area contributed by atoms with Crippen molar-refractivity contribution in [3.63, 3.8) is 0 Å². The molecule has 0 saturated heterocycles. The molecule has 4 fully saturated rings. The van der Waals surface area contributed by atoms with Crippen LogP contribution in [0.15, 0.2) is 47.1 Å². The van der Waals surface area contributed by atoms with Gasteiger partial charge in [0.2, 0.25) is 0 Å². The van der Waals surface area contributed by atoms with Gasteiger partial charge in [-0.2, -0.15) is 11.1 Å². The first-order chi connectivity index (χ1) is 15.2. The summed E-state index contributed by atoms with van der Waals surface area (Å²) in [4.78, 5) is 11.8. The molecule has 4 saturated carbocycles. The second-order valence-electron chi connectivity index (χ2n) is 12.6. The van der Waals surface area contributed by atoms with Crippen LogP contribution in [0.4, 0.5) is 0 Å². The summed E-state index contributed by atoms with van der Waals surface area (Å²) in [6.45, 7) is 18.0. The topological polar surface area (TPSA) is 40.9 Å². The number of rotatable bonds is 2. The van der Waals surface area contributed by atoms with E-state index >= 15 is 0 Å². The van der Waals surface area contributed by atoms with Gasteiger partial charge in [-0.25, -0.2) is 5.57 Å². The maximum absolute atomic E-state index is 11.8. The first-order valence-corrected chi connectivity index (χ1v) is 14.4. The fourth-order valence-electron chi connectivity index (χ4n) is 8.34. The first-order valence-electron chi connectivity index (χ1n) is 12.6. The van der Waals surface area contributed by atoms with Crippen LogP contribution in [0, 0.1) is 33.7 Å². The zero-order valence-electron chi connectivity index (χ0n) is 22.7. The molecule has 1 aromatic rings. The molecule has 6 rings (SSSR count). The zero-order valence-corrected chi connectivity index (χ0v) is 26.3. The molecular formula is C30H44NOSiZr. The van der Waals surface area contributed by atoms with Crippen molar-refractivity contribution in [3.05, 3.63) is 58.9 Å². The average Bonchev–Trinajstić information content (AvgIpc) is 2.91. The maximum atomic E-state index is 11.8. The van der Waals surface area contributed by atoms with Crippen LogP contribution in [0.5, 0.6) is 0 Å². The minimum absolute atomic E-state index is 0. The molecule has 5 aliphatic rings. The molecule has 5 aliphatic carbocycles. The van der Waals surface area contributed by atoms with Crippen LogP contribution in [0.2, 0.25) is 6.55 Å². The molecule has 183 valence electrons. The van der Waals surface area contributed by atoms with E-state index in [1.54, 1.807) is 0 Å². The summed E-state index contributed by atoms with van der Waals surface area (Å²) in [6.07, 6.45) is 10.1. The Morgan fingerprint density at radius 3 is 1.59 bits per heavy atom. The maximum Gasteiger partial charge on any atom is 2.00 e. The van der Waals surface area contributed by atoms with Gasteiger partial charge in [0.25, 0.3) is 0 Å². The van der Waals surface area contributed by atoms with Gasteiger partial charge in [-0.15, -0.1) is 6.92 Å². The van der Waals surface area contributed by atoms with Crippen LogP contribution in [0.1, 0.15) is 87.0 Å². The van der Waals surface area contributed by atoms with Crippen LogP contribution in [0.25, 0.3) is 5.73 Å². The number of carbonyl (C=O) groups excluding carboxylic acids is 1. The first kappa shape index (κ1) is 29.5. The largest absolute Gasteiger partial charge is 2.00 e. The summed E-state index contributed by atoms with van der Waals surface area (Å²) >= 11 is 0. The summed E-state index contributed by atoms with van der Waals surface area (Å²) < 4.78 is 0. The molecule has 34 heavy (non-hydrogen) atoms. The van der Waals surface area contributed by atoms with Crippen molar-refractivity contribution in [1.29, 1.82) is 0 Å². The second-order valence-corrected chi connectivity index (χ2v) is 13.8. The monoisotopic (exact) mass is 552 g/mol. The second kappa shape index (κ2) is 10.7. The van der Waals surface area contributed by atoms with Crippen molar-refractivity contribution >= 4 is 20.6 Å². The molecule has 4 heteroatoms. The number of hydrogen-bond donors (Lipinski definition) is 0. The third kappa shape index (κ3) is 6.33. The Labute approximate surface area is 230 Å². The van der Waals surface area contributed by atoms with Gasteiger partial charge in [-0.1, -0.05) is 89.5 Å². The molecule has 1 atom stereocenters. The number of allylic oxidation sites excluding steroid dienone is 4. The van der Waals surface area contributed by atoms with Crippen LogP contribution in [0.3, 0.4) is 0 Å². The van der Waals surface area contributed by atoms with E-state index < -0.39 is 0 Å². The molecule has 4 bridgehead atoms. The Balaban J connectivity index is 0.000000195. The van der Waals surface area contributed by atoms with Gasteiger partial charge in [-0.05, 0) is 54.8 Å². The van der Waals surface area contributed by atoms with E-state index in [0.29, 0.717) is 31.7 Å². The van der Waals surface area contributed by atoms with Crippen molar-refractivity contribution in [2.24, 2.45) is 27.6 Å². The van der Waals surface area contributed by atoms with Crippen LogP contribution < -0.4 is 5.19 Å². The van der Waals surface area contributed by atoms with Crippen LogP contribution in [-0.4, -0.2) is 15.4 Å². The number of benzene rings is 1. The van der Waals surface area contributed by atoms with Gasteiger partial charge < -0.3 is 10.5 Å². The van der Waals surface area contributed by atoms with Crippen molar-refractivity contribution in [1.82, 2.24) is 0 Å². The molecule has 1 radical (unpaired) electrons. The standard InChI is InChI=1S/C14H23NO.C9H13.C7H9Si.Zr/c1-11-4-12(2)6-13(3,5-11)9-14(7-11,8-12)10(15)16;1-6-5-7(2)9(4)8(6)3;1-8-7-5-3-2-4-6-7;/h4-9H2,1-3H3,(H2,15,16);6H,1-4H3;2-6,8H,1H3;/q;-1;;+2/p-1. The van der Waals surface area contributed by atoms with E-state index in [0.717, 1.165) is 19.3 Å². The van der Waals surface area contributed by atoms with E-state index in [1.807, 2.05) is 0 Å². The fraction of sp³-hybridized carbons (Fsp3) is 0.633. The number of amides is 1. The number of hydrogen-bond acceptors (Lipinski definition) is 1. The van der Waals surface area contributed by atoms with Crippen LogP contribution in [-0.2, 0) is 31.0 Å². The Morgan fingerprint density at radius 1 is 0.912 bits per heavy atom. The molecule has 1 amide bonds. The average molecular weight is 554 g/mol. The van der Waals surface area contributed by atoms with E-state index in [-0.39, 0.29) is 37.5 Å². The summed E-state index contributed by atoms with van der Waals surface area (Å²) in [6, 6.07) is 10.6. The zero-order chi connectivity index (χ0) is 24.7. The molecule has 2 nitrogen and oxygen atoms in total. The Hall–Kier alpha value is -0.730. The van der Waals surface area contributed by atoms with E-state index in [9.17, 15) is 4.79 Å². The predicted octanol–water partition coefficient (Wildman–Crippen LogP) is 7.47. The normalized spacial score (nSPS) is 37.1. The molecule has 1 aromatic carbocycles. The molecular weight excluding hydrogens is 510 g/mol. The quantitative estimate of drug-likeness (QED) is 0.277. The van der Waals surface area contributed by atoms with Crippen molar-refractivity contribution in [2.75, 3.05) is 0 Å². The molecule has 1 unspecified atom stereocenters. The van der Waals surface area contributed by atoms with Crippen LogP contribution >= 0.6 is 0 Å². The van der Waals surface area contributed by atoms with Crippen molar-refractivity contribution in [3.8, 4) is 0 Å². The molecule has 0 spiro atoms. The Kier molecular flexibility index (Phi) is 9.30. The predicted molar refractivity (Wildman–Crippen MR) is 143 cm³/mol. The summed E-state index contributed by atoms with van der Waals surface area (Å²) in [7, 11) is 0.511. The Bertz CT molecular complexity index is 896. The molecule has 0 aromatic heterocycles. The van der Waals surface area contributed by atoms with Gasteiger partial charge in [0, 0.05) is 5.41 Å². The van der Waals surface area contributed by atoms with Crippen molar-refractivity contribution in [2.45, 2.75) is 93.5 Å². The molecule has 1 N–H and O–H groups in total. The van der Waals surface area contributed by atoms with E-state index in [2.05, 4.69) is 91.4 Å². The summed E-state index contributed by atoms with van der Waals surface area (Å²) in [5.41, 5.74) is 12.6.